The van der Waals surface area contributed by atoms with E-state index >= 15 is 0 Å². The molecule has 0 unspecified atom stereocenters. The first-order valence-electron chi connectivity index (χ1n) is 5.54. The molecule has 0 aliphatic carbocycles. The molecule has 1 amide bonds. The number of thiophene rings is 1. The summed E-state index contributed by atoms with van der Waals surface area (Å²) in [5.41, 5.74) is 0.657. The molecule has 0 spiro atoms. The highest BCUT2D eigenvalue weighted by atomic mass is 79.9. The Kier molecular flexibility index (Phi) is 4.75. The van der Waals surface area contributed by atoms with Crippen LogP contribution in [0.25, 0.3) is 0 Å². The van der Waals surface area contributed by atoms with Crippen LogP contribution in [0.5, 0.6) is 5.75 Å². The van der Waals surface area contributed by atoms with Gasteiger partial charge in [-0.2, -0.15) is 0 Å². The molecule has 0 radical (unpaired) electrons. The molecule has 0 saturated heterocycles. The summed E-state index contributed by atoms with van der Waals surface area (Å²) in [5, 5.41) is 13.0. The Morgan fingerprint density at radius 2 is 2.15 bits per heavy atom. The van der Waals surface area contributed by atoms with Gasteiger partial charge in [0.1, 0.15) is 10.6 Å². The lowest BCUT2D eigenvalue weighted by molar-refractivity contribution is -0.118. The van der Waals surface area contributed by atoms with E-state index in [1.165, 1.54) is 6.07 Å². The molecule has 104 valence electrons. The van der Waals surface area contributed by atoms with Crippen LogP contribution in [-0.2, 0) is 4.79 Å². The molecule has 1 aromatic carbocycles. The third-order valence-electron chi connectivity index (χ3n) is 2.26. The third kappa shape index (κ3) is 4.07. The lowest BCUT2D eigenvalue weighted by Crippen LogP contribution is -2.19. The second-order valence-corrected chi connectivity index (χ2v) is 5.63. The number of aromatic carboxylic acids is 1. The molecule has 2 rings (SSSR count). The van der Waals surface area contributed by atoms with Gasteiger partial charge in [-0.15, -0.1) is 11.3 Å². The van der Waals surface area contributed by atoms with Crippen molar-refractivity contribution < 1.29 is 19.4 Å². The smallest absolute Gasteiger partial charge is 0.346 e. The average molecular weight is 356 g/mol. The predicted octanol–water partition coefficient (Wildman–Crippen LogP) is 3.23. The Morgan fingerprint density at radius 3 is 2.80 bits per heavy atom. The molecule has 0 fully saturated rings. The summed E-state index contributed by atoms with van der Waals surface area (Å²) in [7, 11) is 0. The summed E-state index contributed by atoms with van der Waals surface area (Å²) in [5.74, 6) is -0.952. The van der Waals surface area contributed by atoms with Crippen molar-refractivity contribution in [3.63, 3.8) is 0 Å². The summed E-state index contributed by atoms with van der Waals surface area (Å²) >= 11 is 4.36. The van der Waals surface area contributed by atoms with Gasteiger partial charge >= 0.3 is 5.97 Å². The standard InChI is InChI=1S/C13H10BrNO4S/c14-8-2-1-3-9(4-8)15-12(16)6-19-10-5-11(13(17)18)20-7-10/h1-5,7H,6H2,(H,15,16)(H,17,18). The van der Waals surface area contributed by atoms with Crippen LogP contribution in [0.2, 0.25) is 0 Å². The number of hydrogen-bond donors (Lipinski definition) is 2. The van der Waals surface area contributed by atoms with Crippen LogP contribution in [0.15, 0.2) is 40.2 Å². The molecule has 1 heterocycles. The fourth-order valence-corrected chi connectivity index (χ4v) is 2.48. The molecular formula is C13H10BrNO4S. The number of rotatable bonds is 5. The Labute approximate surface area is 127 Å². The van der Waals surface area contributed by atoms with Gasteiger partial charge in [0.05, 0.1) is 0 Å². The zero-order chi connectivity index (χ0) is 14.5. The first kappa shape index (κ1) is 14.5. The Balaban J connectivity index is 1.87. The van der Waals surface area contributed by atoms with E-state index in [2.05, 4.69) is 21.2 Å². The largest absolute Gasteiger partial charge is 0.483 e. The number of hydrogen-bond acceptors (Lipinski definition) is 4. The zero-order valence-corrected chi connectivity index (χ0v) is 12.5. The predicted molar refractivity (Wildman–Crippen MR) is 79.5 cm³/mol. The molecule has 1 aromatic heterocycles. The number of carboxylic acid groups (broad SMARTS) is 1. The minimum absolute atomic E-state index is 0.174. The van der Waals surface area contributed by atoms with E-state index in [1.54, 1.807) is 23.6 Å². The summed E-state index contributed by atoms with van der Waals surface area (Å²) < 4.78 is 6.09. The van der Waals surface area contributed by atoms with E-state index in [4.69, 9.17) is 9.84 Å². The van der Waals surface area contributed by atoms with Crippen LogP contribution in [0, 0.1) is 0 Å². The molecule has 2 N–H and O–H groups in total. The first-order chi connectivity index (χ1) is 9.54. The molecular weight excluding hydrogens is 346 g/mol. The van der Waals surface area contributed by atoms with Gasteiger partial charge < -0.3 is 15.2 Å². The molecule has 2 aromatic rings. The number of anilines is 1. The lowest BCUT2D eigenvalue weighted by Gasteiger charge is -2.06. The number of carbonyl (C=O) groups excluding carboxylic acids is 1. The van der Waals surface area contributed by atoms with Gasteiger partial charge in [-0.05, 0) is 18.2 Å². The highest BCUT2D eigenvalue weighted by molar-refractivity contribution is 9.10. The van der Waals surface area contributed by atoms with Gasteiger partial charge in [0.2, 0.25) is 0 Å². The SMILES string of the molecule is O=C(COc1csc(C(=O)O)c1)Nc1cccc(Br)c1. The number of carbonyl (C=O) groups is 2. The van der Waals surface area contributed by atoms with E-state index in [1.807, 2.05) is 6.07 Å². The Hall–Kier alpha value is -1.86. The normalized spacial score (nSPS) is 10.1. The van der Waals surface area contributed by atoms with Gasteiger partial charge in [0.25, 0.3) is 5.91 Å². The van der Waals surface area contributed by atoms with Crippen LogP contribution in [0.4, 0.5) is 5.69 Å². The van der Waals surface area contributed by atoms with E-state index in [-0.39, 0.29) is 17.4 Å². The van der Waals surface area contributed by atoms with Crippen molar-refractivity contribution >= 4 is 44.8 Å². The van der Waals surface area contributed by atoms with Gasteiger partial charge in [-0.25, -0.2) is 4.79 Å². The number of nitrogens with one attached hydrogen (secondary N) is 1. The van der Waals surface area contributed by atoms with Crippen LogP contribution < -0.4 is 10.1 Å². The zero-order valence-electron chi connectivity index (χ0n) is 10.1. The minimum atomic E-state index is -1.01. The summed E-state index contributed by atoms with van der Waals surface area (Å²) in [4.78, 5) is 22.5. The molecule has 0 atom stereocenters. The monoisotopic (exact) mass is 355 g/mol. The average Bonchev–Trinajstić information content (AvgIpc) is 2.85. The van der Waals surface area contributed by atoms with Crippen LogP contribution in [-0.4, -0.2) is 23.6 Å². The fraction of sp³-hybridized carbons (Fsp3) is 0.0769. The first-order valence-corrected chi connectivity index (χ1v) is 7.22. The van der Waals surface area contributed by atoms with Crippen LogP contribution in [0.1, 0.15) is 9.67 Å². The number of carboxylic acids is 1. The molecule has 0 bridgehead atoms. The second kappa shape index (κ2) is 6.53. The fourth-order valence-electron chi connectivity index (χ4n) is 1.42. The maximum atomic E-state index is 11.7. The summed E-state index contributed by atoms with van der Waals surface area (Å²) in [6.45, 7) is -0.178. The van der Waals surface area contributed by atoms with Crippen LogP contribution >= 0.6 is 27.3 Å². The van der Waals surface area contributed by atoms with Crippen molar-refractivity contribution in [2.45, 2.75) is 0 Å². The quantitative estimate of drug-likeness (QED) is 0.863. The van der Waals surface area contributed by atoms with Crippen molar-refractivity contribution in [2.75, 3.05) is 11.9 Å². The van der Waals surface area contributed by atoms with E-state index in [0.29, 0.717) is 11.4 Å². The van der Waals surface area contributed by atoms with Crippen LogP contribution in [0.3, 0.4) is 0 Å². The molecule has 0 aliphatic heterocycles. The van der Waals surface area contributed by atoms with Crippen molar-refractivity contribution in [1.29, 1.82) is 0 Å². The summed E-state index contributed by atoms with van der Waals surface area (Å²) in [6, 6.07) is 8.57. The van der Waals surface area contributed by atoms with Gasteiger partial charge in [-0.3, -0.25) is 4.79 Å². The van der Waals surface area contributed by atoms with Crippen molar-refractivity contribution in [1.82, 2.24) is 0 Å². The number of benzene rings is 1. The Bertz CT molecular complexity index is 641. The third-order valence-corrected chi connectivity index (χ3v) is 3.65. The molecule has 7 heteroatoms. The van der Waals surface area contributed by atoms with Gasteiger partial charge in [0.15, 0.2) is 6.61 Å². The van der Waals surface area contributed by atoms with Gasteiger partial charge in [0, 0.05) is 21.6 Å². The van der Waals surface area contributed by atoms with Crippen molar-refractivity contribution in [2.24, 2.45) is 0 Å². The Morgan fingerprint density at radius 1 is 1.35 bits per heavy atom. The molecule has 20 heavy (non-hydrogen) atoms. The maximum absolute atomic E-state index is 11.7. The highest BCUT2D eigenvalue weighted by Crippen LogP contribution is 2.21. The van der Waals surface area contributed by atoms with Crippen molar-refractivity contribution in [3.05, 3.63) is 45.1 Å². The summed E-state index contributed by atoms with van der Waals surface area (Å²) in [6.07, 6.45) is 0. The van der Waals surface area contributed by atoms with Crippen molar-refractivity contribution in [3.8, 4) is 5.75 Å². The van der Waals surface area contributed by atoms with E-state index in [0.717, 1.165) is 15.8 Å². The van der Waals surface area contributed by atoms with Gasteiger partial charge in [-0.1, -0.05) is 22.0 Å². The highest BCUT2D eigenvalue weighted by Gasteiger charge is 2.09. The number of halogens is 1. The molecule has 5 nitrogen and oxygen atoms in total. The number of amides is 1. The molecule has 0 aliphatic rings. The number of ether oxygens (including phenoxy) is 1. The second-order valence-electron chi connectivity index (χ2n) is 3.80. The maximum Gasteiger partial charge on any atom is 0.346 e. The topological polar surface area (TPSA) is 75.6 Å². The lowest BCUT2D eigenvalue weighted by atomic mass is 10.3. The minimum Gasteiger partial charge on any atom is -0.483 e. The molecule has 0 saturated carbocycles. The van der Waals surface area contributed by atoms with E-state index < -0.39 is 5.97 Å². The van der Waals surface area contributed by atoms with E-state index in [9.17, 15) is 9.59 Å².